The lowest BCUT2D eigenvalue weighted by molar-refractivity contribution is 1.29. The summed E-state index contributed by atoms with van der Waals surface area (Å²) < 4.78 is 0. The minimum atomic E-state index is 0.878. The molecular weight excluding hydrogens is 484 g/mol. The van der Waals surface area contributed by atoms with Gasteiger partial charge in [0.2, 0.25) is 0 Å². The Morgan fingerprint density at radius 2 is 0.600 bits per heavy atom. The van der Waals surface area contributed by atoms with Crippen LogP contribution in [0.15, 0.2) is 158 Å². The Labute approximate surface area is 234 Å². The summed E-state index contributed by atoms with van der Waals surface area (Å²) in [6, 6.07) is 54.7. The van der Waals surface area contributed by atoms with Crippen LogP contribution >= 0.6 is 0 Å². The predicted octanol–water partition coefficient (Wildman–Crippen LogP) is 9.96. The molecule has 0 N–H and O–H groups in total. The topological polar surface area (TPSA) is 25.8 Å². The molecule has 40 heavy (non-hydrogen) atoms. The van der Waals surface area contributed by atoms with Crippen LogP contribution in [-0.2, 0) is 0 Å². The molecule has 0 radical (unpaired) electrons. The van der Waals surface area contributed by atoms with Crippen molar-refractivity contribution in [2.75, 3.05) is 0 Å². The van der Waals surface area contributed by atoms with E-state index in [0.29, 0.717) is 0 Å². The molecule has 0 spiro atoms. The van der Waals surface area contributed by atoms with Crippen LogP contribution in [0.4, 0.5) is 0 Å². The fraction of sp³-hybridized carbons (Fsp3) is 0. The molecule has 0 fully saturated rings. The van der Waals surface area contributed by atoms with Gasteiger partial charge in [-0.25, -0.2) is 9.97 Å². The lowest BCUT2D eigenvalue weighted by Crippen LogP contribution is -1.99. The van der Waals surface area contributed by atoms with Crippen LogP contribution in [0.3, 0.4) is 0 Å². The maximum Gasteiger partial charge on any atom is 0.0979 e. The quantitative estimate of drug-likeness (QED) is 0.230. The molecule has 0 saturated heterocycles. The normalized spacial score (nSPS) is 11.0. The molecule has 7 aromatic rings. The maximum absolute atomic E-state index is 5.46. The summed E-state index contributed by atoms with van der Waals surface area (Å²) in [5.41, 5.74) is 12.4. The zero-order chi connectivity index (χ0) is 26.7. The summed E-state index contributed by atoms with van der Waals surface area (Å²) >= 11 is 0. The molecule has 2 heteroatoms. The second-order valence-electron chi connectivity index (χ2n) is 9.79. The Bertz CT molecular complexity index is 1910. The van der Waals surface area contributed by atoms with Crippen LogP contribution in [0.1, 0.15) is 0 Å². The van der Waals surface area contributed by atoms with Crippen molar-refractivity contribution in [1.82, 2.24) is 9.97 Å². The molecule has 0 saturated carbocycles. The first-order chi connectivity index (χ1) is 19.9. The van der Waals surface area contributed by atoms with Gasteiger partial charge in [-0.1, -0.05) is 158 Å². The zero-order valence-corrected chi connectivity index (χ0v) is 21.9. The second kappa shape index (κ2) is 10.4. The van der Waals surface area contributed by atoms with Crippen LogP contribution in [-0.4, -0.2) is 9.97 Å². The predicted molar refractivity (Wildman–Crippen MR) is 167 cm³/mol. The highest BCUT2D eigenvalue weighted by molar-refractivity contribution is 6.05. The molecule has 2 nitrogen and oxygen atoms in total. The van der Waals surface area contributed by atoms with Gasteiger partial charge in [-0.2, -0.15) is 0 Å². The van der Waals surface area contributed by atoms with Crippen molar-refractivity contribution in [1.29, 1.82) is 0 Å². The van der Waals surface area contributed by atoms with Crippen molar-refractivity contribution in [3.05, 3.63) is 158 Å². The lowest BCUT2D eigenvalue weighted by atomic mass is 9.91. The van der Waals surface area contributed by atoms with Crippen molar-refractivity contribution < 1.29 is 0 Å². The van der Waals surface area contributed by atoms with Gasteiger partial charge in [0.25, 0.3) is 0 Å². The third-order valence-electron chi connectivity index (χ3n) is 7.30. The minimum Gasteiger partial charge on any atom is -0.243 e. The number of hydrogen-bond acceptors (Lipinski definition) is 2. The molecule has 0 amide bonds. The molecule has 0 aliphatic heterocycles. The van der Waals surface area contributed by atoms with E-state index in [1.165, 1.54) is 11.1 Å². The highest BCUT2D eigenvalue weighted by Crippen LogP contribution is 2.41. The van der Waals surface area contributed by atoms with Gasteiger partial charge < -0.3 is 0 Å². The summed E-state index contributed by atoms with van der Waals surface area (Å²) in [6.45, 7) is 0. The fourth-order valence-corrected chi connectivity index (χ4v) is 5.39. The van der Waals surface area contributed by atoms with E-state index in [2.05, 4.69) is 140 Å². The molecule has 0 bridgehead atoms. The molecule has 6 aromatic carbocycles. The van der Waals surface area contributed by atoms with E-state index in [1.54, 1.807) is 0 Å². The highest BCUT2D eigenvalue weighted by atomic mass is 14.8. The second-order valence-corrected chi connectivity index (χ2v) is 9.79. The molecule has 188 valence electrons. The maximum atomic E-state index is 5.46. The monoisotopic (exact) mass is 510 g/mol. The number of aromatic nitrogens is 2. The summed E-state index contributed by atoms with van der Waals surface area (Å²) in [6.07, 6.45) is 0. The SMILES string of the molecule is c1ccc(-c2ccccc2-c2ccc(-c3ccccc3)c3nc(-c4ccccc4)c(-c4ccccc4)nc23)cc1. The number of hydrogen-bond donors (Lipinski definition) is 0. The van der Waals surface area contributed by atoms with Crippen LogP contribution in [0.2, 0.25) is 0 Å². The van der Waals surface area contributed by atoms with Gasteiger partial charge in [-0.3, -0.25) is 0 Å². The van der Waals surface area contributed by atoms with E-state index in [-0.39, 0.29) is 0 Å². The van der Waals surface area contributed by atoms with Gasteiger partial charge >= 0.3 is 0 Å². The Morgan fingerprint density at radius 1 is 0.250 bits per heavy atom. The van der Waals surface area contributed by atoms with Crippen molar-refractivity contribution in [2.45, 2.75) is 0 Å². The van der Waals surface area contributed by atoms with Crippen molar-refractivity contribution in [2.24, 2.45) is 0 Å². The van der Waals surface area contributed by atoms with E-state index in [0.717, 1.165) is 55.8 Å². The fourth-order valence-electron chi connectivity index (χ4n) is 5.39. The lowest BCUT2D eigenvalue weighted by Gasteiger charge is -2.17. The van der Waals surface area contributed by atoms with Crippen molar-refractivity contribution in [3.8, 4) is 55.9 Å². The average molecular weight is 511 g/mol. The number of rotatable bonds is 5. The van der Waals surface area contributed by atoms with Crippen LogP contribution < -0.4 is 0 Å². The summed E-state index contributed by atoms with van der Waals surface area (Å²) in [5.74, 6) is 0. The molecular formula is C38H26N2. The van der Waals surface area contributed by atoms with Gasteiger partial charge in [-0.15, -0.1) is 0 Å². The zero-order valence-electron chi connectivity index (χ0n) is 21.9. The summed E-state index contributed by atoms with van der Waals surface area (Å²) in [7, 11) is 0. The van der Waals surface area contributed by atoms with Gasteiger partial charge in [0.1, 0.15) is 0 Å². The van der Waals surface area contributed by atoms with Crippen LogP contribution in [0.5, 0.6) is 0 Å². The van der Waals surface area contributed by atoms with E-state index in [1.807, 2.05) is 18.2 Å². The van der Waals surface area contributed by atoms with E-state index in [4.69, 9.17) is 9.97 Å². The largest absolute Gasteiger partial charge is 0.243 e. The molecule has 0 unspecified atom stereocenters. The Morgan fingerprint density at radius 3 is 1.10 bits per heavy atom. The molecule has 7 rings (SSSR count). The Balaban J connectivity index is 1.59. The number of fused-ring (bicyclic) bond motifs is 1. The van der Waals surface area contributed by atoms with E-state index < -0.39 is 0 Å². The molecule has 0 aliphatic carbocycles. The van der Waals surface area contributed by atoms with Crippen molar-refractivity contribution >= 4 is 11.0 Å². The van der Waals surface area contributed by atoms with Crippen molar-refractivity contribution in [3.63, 3.8) is 0 Å². The molecule has 1 heterocycles. The first-order valence-corrected chi connectivity index (χ1v) is 13.5. The smallest absolute Gasteiger partial charge is 0.0979 e. The summed E-state index contributed by atoms with van der Waals surface area (Å²) in [5, 5.41) is 0. The third-order valence-corrected chi connectivity index (χ3v) is 7.30. The molecule has 0 aliphatic rings. The van der Waals surface area contributed by atoms with Gasteiger partial charge in [0.05, 0.1) is 22.4 Å². The van der Waals surface area contributed by atoms with Gasteiger partial charge in [0.15, 0.2) is 0 Å². The third kappa shape index (κ3) is 4.36. The first-order valence-electron chi connectivity index (χ1n) is 13.5. The average Bonchev–Trinajstić information content (AvgIpc) is 3.05. The minimum absolute atomic E-state index is 0.878. The van der Waals surface area contributed by atoms with Crippen LogP contribution in [0, 0.1) is 0 Å². The van der Waals surface area contributed by atoms with Gasteiger partial charge in [-0.05, 0) is 22.3 Å². The molecule has 1 aromatic heterocycles. The molecule has 0 atom stereocenters. The number of benzene rings is 6. The summed E-state index contributed by atoms with van der Waals surface area (Å²) in [4.78, 5) is 10.9. The standard InChI is InChI=1S/C38H26N2/c1-5-15-27(16-6-1)31-23-13-14-24-33(31)34-26-25-32(28-17-7-2-8-18-28)37-38(34)40-36(30-21-11-4-12-22-30)35(39-37)29-19-9-3-10-20-29/h1-26H. The van der Waals surface area contributed by atoms with E-state index in [9.17, 15) is 0 Å². The first kappa shape index (κ1) is 23.8. The van der Waals surface area contributed by atoms with Crippen LogP contribution in [0.25, 0.3) is 66.9 Å². The highest BCUT2D eigenvalue weighted by Gasteiger charge is 2.20. The Hall–Kier alpha value is -5.34. The number of nitrogens with zero attached hydrogens (tertiary/aromatic N) is 2. The van der Waals surface area contributed by atoms with Gasteiger partial charge in [0, 0.05) is 22.3 Å². The van der Waals surface area contributed by atoms with E-state index >= 15 is 0 Å². The Kier molecular flexibility index (Phi) is 6.20.